The lowest BCUT2D eigenvalue weighted by atomic mass is 9.79. The predicted octanol–water partition coefficient (Wildman–Crippen LogP) is 3.39. The molecule has 0 saturated heterocycles. The van der Waals surface area contributed by atoms with Gasteiger partial charge in [-0.05, 0) is 44.4 Å². The first-order chi connectivity index (χ1) is 9.16. The third-order valence-electron chi connectivity index (χ3n) is 4.69. The van der Waals surface area contributed by atoms with E-state index in [1.807, 2.05) is 6.33 Å². The summed E-state index contributed by atoms with van der Waals surface area (Å²) in [5, 5.41) is 0. The molecule has 3 nitrogen and oxygen atoms in total. The highest BCUT2D eigenvalue weighted by Crippen LogP contribution is 2.41. The van der Waals surface area contributed by atoms with Crippen LogP contribution in [0.25, 0.3) is 11.0 Å². The normalized spacial score (nSPS) is 18.5. The molecule has 0 aliphatic heterocycles. The van der Waals surface area contributed by atoms with Gasteiger partial charge in [-0.25, -0.2) is 4.98 Å². The van der Waals surface area contributed by atoms with Gasteiger partial charge < -0.3 is 10.3 Å². The van der Waals surface area contributed by atoms with E-state index in [0.717, 1.165) is 12.1 Å². The van der Waals surface area contributed by atoms with Crippen molar-refractivity contribution in [3.05, 3.63) is 30.1 Å². The van der Waals surface area contributed by atoms with Crippen LogP contribution in [-0.2, 0) is 5.41 Å². The molecule has 0 bridgehead atoms. The van der Waals surface area contributed by atoms with Crippen molar-refractivity contribution >= 4 is 11.0 Å². The van der Waals surface area contributed by atoms with Crippen molar-refractivity contribution in [1.29, 1.82) is 0 Å². The highest BCUT2D eigenvalue weighted by Gasteiger charge is 2.34. The SMILES string of the molecule is CC(C)n1cnc2cc(C3(CN)CCCC3)ccc21. The van der Waals surface area contributed by atoms with Gasteiger partial charge in [0.05, 0.1) is 17.4 Å². The fourth-order valence-electron chi connectivity index (χ4n) is 3.44. The van der Waals surface area contributed by atoms with Crippen molar-refractivity contribution in [1.82, 2.24) is 9.55 Å². The summed E-state index contributed by atoms with van der Waals surface area (Å²) in [6, 6.07) is 7.19. The molecule has 102 valence electrons. The van der Waals surface area contributed by atoms with Crippen molar-refractivity contribution in [2.75, 3.05) is 6.54 Å². The maximum absolute atomic E-state index is 6.07. The first-order valence-electron chi connectivity index (χ1n) is 7.33. The topological polar surface area (TPSA) is 43.8 Å². The molecule has 3 heteroatoms. The Bertz CT molecular complexity index is 577. The molecule has 0 amide bonds. The minimum Gasteiger partial charge on any atom is -0.330 e. The van der Waals surface area contributed by atoms with Crippen LogP contribution in [-0.4, -0.2) is 16.1 Å². The zero-order valence-electron chi connectivity index (χ0n) is 11.9. The van der Waals surface area contributed by atoms with Crippen LogP contribution in [0.5, 0.6) is 0 Å². The van der Waals surface area contributed by atoms with Crippen LogP contribution in [0.1, 0.15) is 51.1 Å². The molecule has 1 heterocycles. The first kappa shape index (κ1) is 12.7. The lowest BCUT2D eigenvalue weighted by molar-refractivity contribution is 0.453. The third kappa shape index (κ3) is 1.96. The number of benzene rings is 1. The Balaban J connectivity index is 2.07. The Labute approximate surface area is 114 Å². The zero-order valence-corrected chi connectivity index (χ0v) is 11.9. The molecule has 1 fully saturated rings. The second-order valence-electron chi connectivity index (χ2n) is 6.14. The van der Waals surface area contributed by atoms with Crippen LogP contribution in [0.4, 0.5) is 0 Å². The van der Waals surface area contributed by atoms with Gasteiger partial charge in [0.15, 0.2) is 0 Å². The van der Waals surface area contributed by atoms with E-state index < -0.39 is 0 Å². The zero-order chi connectivity index (χ0) is 13.5. The van der Waals surface area contributed by atoms with Gasteiger partial charge in [0.1, 0.15) is 0 Å². The Hall–Kier alpha value is -1.35. The molecule has 0 atom stereocenters. The van der Waals surface area contributed by atoms with E-state index in [-0.39, 0.29) is 5.41 Å². The molecule has 1 saturated carbocycles. The molecule has 0 radical (unpaired) electrons. The molecular formula is C16H23N3. The summed E-state index contributed by atoms with van der Waals surface area (Å²) < 4.78 is 2.23. The van der Waals surface area contributed by atoms with Crippen LogP contribution >= 0.6 is 0 Å². The summed E-state index contributed by atoms with van der Waals surface area (Å²) in [6.45, 7) is 5.13. The minimum absolute atomic E-state index is 0.204. The van der Waals surface area contributed by atoms with Gasteiger partial charge in [-0.3, -0.25) is 0 Å². The average Bonchev–Trinajstić information content (AvgIpc) is 3.05. The molecular weight excluding hydrogens is 234 g/mol. The summed E-state index contributed by atoms with van der Waals surface area (Å²) in [5.74, 6) is 0. The van der Waals surface area contributed by atoms with Gasteiger partial charge >= 0.3 is 0 Å². The van der Waals surface area contributed by atoms with Gasteiger partial charge in [-0.1, -0.05) is 18.9 Å². The van der Waals surface area contributed by atoms with Crippen molar-refractivity contribution in [2.24, 2.45) is 5.73 Å². The second-order valence-corrected chi connectivity index (χ2v) is 6.14. The number of fused-ring (bicyclic) bond motifs is 1. The summed E-state index contributed by atoms with van der Waals surface area (Å²) in [4.78, 5) is 4.56. The van der Waals surface area contributed by atoms with Crippen molar-refractivity contribution in [2.45, 2.75) is 51.0 Å². The van der Waals surface area contributed by atoms with E-state index in [2.05, 4.69) is 41.6 Å². The van der Waals surface area contributed by atoms with E-state index in [0.29, 0.717) is 6.04 Å². The van der Waals surface area contributed by atoms with Crippen molar-refractivity contribution in [3.8, 4) is 0 Å². The molecule has 1 aliphatic rings. The highest BCUT2D eigenvalue weighted by atomic mass is 15.1. The van der Waals surface area contributed by atoms with Crippen LogP contribution in [0, 0.1) is 0 Å². The summed E-state index contributed by atoms with van der Waals surface area (Å²) >= 11 is 0. The largest absolute Gasteiger partial charge is 0.330 e. The van der Waals surface area contributed by atoms with E-state index in [9.17, 15) is 0 Å². The van der Waals surface area contributed by atoms with E-state index in [1.54, 1.807) is 0 Å². The predicted molar refractivity (Wildman–Crippen MR) is 79.3 cm³/mol. The van der Waals surface area contributed by atoms with E-state index in [1.165, 1.54) is 36.8 Å². The molecule has 0 unspecified atom stereocenters. The summed E-state index contributed by atoms with van der Waals surface area (Å²) in [5.41, 5.74) is 9.99. The number of nitrogens with two attached hydrogens (primary N) is 1. The number of rotatable bonds is 3. The van der Waals surface area contributed by atoms with Gasteiger partial charge in [-0.2, -0.15) is 0 Å². The highest BCUT2D eigenvalue weighted by molar-refractivity contribution is 5.76. The molecule has 1 aromatic carbocycles. The number of nitrogens with zero attached hydrogens (tertiary/aromatic N) is 2. The maximum Gasteiger partial charge on any atom is 0.0960 e. The Morgan fingerprint density at radius 3 is 2.68 bits per heavy atom. The summed E-state index contributed by atoms with van der Waals surface area (Å²) in [7, 11) is 0. The van der Waals surface area contributed by atoms with Crippen LogP contribution in [0.15, 0.2) is 24.5 Å². The minimum atomic E-state index is 0.204. The molecule has 1 aliphatic carbocycles. The monoisotopic (exact) mass is 257 g/mol. The molecule has 0 spiro atoms. The Kier molecular flexibility index (Phi) is 3.09. The van der Waals surface area contributed by atoms with Gasteiger partial charge in [0, 0.05) is 18.0 Å². The Morgan fingerprint density at radius 1 is 1.32 bits per heavy atom. The van der Waals surface area contributed by atoms with Gasteiger partial charge in [0.25, 0.3) is 0 Å². The molecule has 2 N–H and O–H groups in total. The smallest absolute Gasteiger partial charge is 0.0960 e. The molecule has 2 aromatic rings. The van der Waals surface area contributed by atoms with Crippen LogP contribution in [0.3, 0.4) is 0 Å². The fourth-order valence-corrected chi connectivity index (χ4v) is 3.44. The van der Waals surface area contributed by atoms with E-state index >= 15 is 0 Å². The maximum atomic E-state index is 6.07. The van der Waals surface area contributed by atoms with Crippen LogP contribution < -0.4 is 5.73 Å². The average molecular weight is 257 g/mol. The second kappa shape index (κ2) is 4.64. The van der Waals surface area contributed by atoms with Crippen molar-refractivity contribution < 1.29 is 0 Å². The molecule has 19 heavy (non-hydrogen) atoms. The standard InChI is InChI=1S/C16H23N3/c1-12(2)19-11-18-14-9-13(5-6-15(14)19)16(10-17)7-3-4-8-16/h5-6,9,11-12H,3-4,7-8,10,17H2,1-2H3. The first-order valence-corrected chi connectivity index (χ1v) is 7.33. The number of imidazole rings is 1. The lowest BCUT2D eigenvalue weighted by Gasteiger charge is -2.27. The molecule has 1 aromatic heterocycles. The van der Waals surface area contributed by atoms with Crippen LogP contribution in [0.2, 0.25) is 0 Å². The summed E-state index contributed by atoms with van der Waals surface area (Å²) in [6.07, 6.45) is 6.99. The van der Waals surface area contributed by atoms with Gasteiger partial charge in [0.2, 0.25) is 0 Å². The third-order valence-corrected chi connectivity index (χ3v) is 4.69. The van der Waals surface area contributed by atoms with E-state index in [4.69, 9.17) is 5.73 Å². The number of hydrogen-bond donors (Lipinski definition) is 1. The number of hydrogen-bond acceptors (Lipinski definition) is 2. The fraction of sp³-hybridized carbons (Fsp3) is 0.562. The number of aromatic nitrogens is 2. The molecule has 3 rings (SSSR count). The Morgan fingerprint density at radius 2 is 2.05 bits per heavy atom. The van der Waals surface area contributed by atoms with Gasteiger partial charge in [-0.15, -0.1) is 0 Å². The lowest BCUT2D eigenvalue weighted by Crippen LogP contribution is -2.31. The quantitative estimate of drug-likeness (QED) is 0.916. The van der Waals surface area contributed by atoms with Crippen molar-refractivity contribution in [3.63, 3.8) is 0 Å².